The van der Waals surface area contributed by atoms with E-state index in [9.17, 15) is 8.42 Å². The Balaban J connectivity index is 2.75. The van der Waals surface area contributed by atoms with Crippen molar-refractivity contribution >= 4 is 21.4 Å². The molecule has 0 radical (unpaired) electrons. The lowest BCUT2D eigenvalue weighted by Gasteiger charge is -1.88. The molecule has 56 valence electrons. The molecule has 0 bridgehead atoms. The zero-order valence-electron chi connectivity index (χ0n) is 5.31. The monoisotopic (exact) mass is 178 g/mol. The molecule has 0 unspecified atom stereocenters. The van der Waals surface area contributed by atoms with Gasteiger partial charge in [-0.15, -0.1) is 5.10 Å². The molecule has 1 aromatic rings. The Morgan fingerprint density at radius 2 is 2.40 bits per heavy atom. The first kappa shape index (κ1) is 7.62. The van der Waals surface area contributed by atoms with E-state index in [2.05, 4.69) is 9.59 Å². The van der Waals surface area contributed by atoms with Gasteiger partial charge in [-0.25, -0.2) is 8.42 Å². The Morgan fingerprint density at radius 3 is 2.80 bits per heavy atom. The van der Waals surface area contributed by atoms with Crippen molar-refractivity contribution in [2.24, 2.45) is 0 Å². The minimum absolute atomic E-state index is 0.0463. The molecule has 1 aromatic heterocycles. The molecule has 4 nitrogen and oxygen atoms in total. The molecule has 10 heavy (non-hydrogen) atoms. The Labute approximate surface area is 63.0 Å². The van der Waals surface area contributed by atoms with E-state index in [1.807, 2.05) is 0 Å². The summed E-state index contributed by atoms with van der Waals surface area (Å²) in [6.45, 7) is 0. The molecule has 0 saturated heterocycles. The molecule has 6 heteroatoms. The van der Waals surface area contributed by atoms with E-state index in [1.54, 1.807) is 0 Å². The summed E-state index contributed by atoms with van der Waals surface area (Å²) in [6.07, 6.45) is 2.65. The molecule has 0 aliphatic carbocycles. The Bertz CT molecular complexity index is 289. The molecule has 0 aliphatic rings. The van der Waals surface area contributed by atoms with Crippen molar-refractivity contribution in [1.29, 1.82) is 0 Å². The van der Waals surface area contributed by atoms with Gasteiger partial charge in [0.25, 0.3) is 0 Å². The summed E-state index contributed by atoms with van der Waals surface area (Å²) in [5.74, 6) is 0.0463. The average Bonchev–Trinajstić information content (AvgIpc) is 2.12. The van der Waals surface area contributed by atoms with Gasteiger partial charge in [0, 0.05) is 6.26 Å². The fourth-order valence-electron chi connectivity index (χ4n) is 0.510. The molecule has 0 atom stereocenters. The van der Waals surface area contributed by atoms with E-state index < -0.39 is 9.84 Å². The first-order valence-corrected chi connectivity index (χ1v) is 5.35. The van der Waals surface area contributed by atoms with Crippen LogP contribution < -0.4 is 0 Å². The third-order valence-corrected chi connectivity index (χ3v) is 2.49. The lowest BCUT2D eigenvalue weighted by atomic mass is 10.6. The van der Waals surface area contributed by atoms with Crippen molar-refractivity contribution < 1.29 is 8.42 Å². The number of nitrogens with zero attached hydrogens (tertiary/aromatic N) is 2. The van der Waals surface area contributed by atoms with Gasteiger partial charge in [-0.05, 0) is 11.5 Å². The summed E-state index contributed by atoms with van der Waals surface area (Å²) in [6, 6.07) is 0. The molecule has 1 rings (SSSR count). The third kappa shape index (κ3) is 2.40. The Hall–Kier alpha value is -0.490. The van der Waals surface area contributed by atoms with E-state index in [0.29, 0.717) is 4.88 Å². The highest BCUT2D eigenvalue weighted by Gasteiger charge is 2.05. The number of rotatable bonds is 2. The van der Waals surface area contributed by atoms with Gasteiger partial charge in [0.05, 0.1) is 16.8 Å². The van der Waals surface area contributed by atoms with E-state index >= 15 is 0 Å². The molecular formula is C4H6N2O2S2. The van der Waals surface area contributed by atoms with Crippen molar-refractivity contribution in [3.05, 3.63) is 11.1 Å². The van der Waals surface area contributed by atoms with Gasteiger partial charge in [0.15, 0.2) is 9.84 Å². The summed E-state index contributed by atoms with van der Waals surface area (Å²) >= 11 is 1.11. The zero-order chi connectivity index (χ0) is 7.61. The second kappa shape index (κ2) is 2.63. The van der Waals surface area contributed by atoms with Crippen LogP contribution in [0.15, 0.2) is 6.20 Å². The Morgan fingerprint density at radius 1 is 1.70 bits per heavy atom. The molecule has 0 amide bonds. The first-order chi connectivity index (χ1) is 4.58. The smallest absolute Gasteiger partial charge is 0.152 e. The van der Waals surface area contributed by atoms with E-state index in [4.69, 9.17) is 0 Å². The molecule has 1 heterocycles. The molecule has 0 spiro atoms. The largest absolute Gasteiger partial charge is 0.229 e. The van der Waals surface area contributed by atoms with Crippen molar-refractivity contribution in [3.63, 3.8) is 0 Å². The highest BCUT2D eigenvalue weighted by molar-refractivity contribution is 7.90. The standard InChI is InChI=1S/C4H6N2O2S2/c1-10(7,8)3-4-2-5-6-9-4/h2H,3H2,1H3. The van der Waals surface area contributed by atoms with Crippen LogP contribution in [0.25, 0.3) is 0 Å². The minimum atomic E-state index is -2.92. The maximum atomic E-state index is 10.6. The van der Waals surface area contributed by atoms with Gasteiger partial charge in [-0.3, -0.25) is 0 Å². The Kier molecular flexibility index (Phi) is 2.00. The summed E-state index contributed by atoms with van der Waals surface area (Å²) in [5.41, 5.74) is 0. The van der Waals surface area contributed by atoms with E-state index in [0.717, 1.165) is 11.5 Å². The molecule has 0 aliphatic heterocycles. The summed E-state index contributed by atoms with van der Waals surface area (Å²) < 4.78 is 24.8. The van der Waals surface area contributed by atoms with Crippen LogP contribution in [0.4, 0.5) is 0 Å². The number of hydrogen-bond acceptors (Lipinski definition) is 5. The van der Waals surface area contributed by atoms with Gasteiger partial charge in [-0.1, -0.05) is 4.49 Å². The first-order valence-electron chi connectivity index (χ1n) is 2.52. The minimum Gasteiger partial charge on any atom is -0.229 e. The predicted molar refractivity (Wildman–Crippen MR) is 38.5 cm³/mol. The predicted octanol–water partition coefficient (Wildman–Crippen LogP) is 0.0827. The quantitative estimate of drug-likeness (QED) is 0.643. The zero-order valence-corrected chi connectivity index (χ0v) is 6.94. The maximum absolute atomic E-state index is 10.6. The van der Waals surface area contributed by atoms with Crippen LogP contribution in [-0.2, 0) is 15.6 Å². The van der Waals surface area contributed by atoms with Crippen LogP contribution in [0.5, 0.6) is 0 Å². The van der Waals surface area contributed by atoms with Crippen LogP contribution in [0.3, 0.4) is 0 Å². The highest BCUT2D eigenvalue weighted by Crippen LogP contribution is 2.05. The van der Waals surface area contributed by atoms with Gasteiger partial charge >= 0.3 is 0 Å². The summed E-state index contributed by atoms with van der Waals surface area (Å²) in [5, 5.41) is 3.51. The van der Waals surface area contributed by atoms with Gasteiger partial charge in [-0.2, -0.15) is 0 Å². The van der Waals surface area contributed by atoms with Crippen LogP contribution >= 0.6 is 11.5 Å². The van der Waals surface area contributed by atoms with Crippen molar-refractivity contribution in [2.45, 2.75) is 5.75 Å². The van der Waals surface area contributed by atoms with Crippen LogP contribution in [-0.4, -0.2) is 24.3 Å². The van der Waals surface area contributed by atoms with Crippen molar-refractivity contribution in [2.75, 3.05) is 6.26 Å². The van der Waals surface area contributed by atoms with Crippen molar-refractivity contribution in [3.8, 4) is 0 Å². The topological polar surface area (TPSA) is 59.9 Å². The number of aromatic nitrogens is 2. The second-order valence-corrected chi connectivity index (χ2v) is 4.96. The van der Waals surface area contributed by atoms with Crippen molar-refractivity contribution in [1.82, 2.24) is 9.59 Å². The lowest BCUT2D eigenvalue weighted by molar-refractivity contribution is 0.601. The fraction of sp³-hybridized carbons (Fsp3) is 0.500. The molecule has 0 aromatic carbocycles. The summed E-state index contributed by atoms with van der Waals surface area (Å²) in [7, 11) is -2.92. The SMILES string of the molecule is CS(=O)(=O)Cc1cnns1. The van der Waals surface area contributed by atoms with Crippen LogP contribution in [0, 0.1) is 0 Å². The maximum Gasteiger partial charge on any atom is 0.152 e. The number of sulfone groups is 1. The summed E-state index contributed by atoms with van der Waals surface area (Å²) in [4.78, 5) is 0.683. The molecule has 0 fully saturated rings. The molecular weight excluding hydrogens is 172 g/mol. The third-order valence-electron chi connectivity index (χ3n) is 0.811. The molecule has 0 saturated carbocycles. The van der Waals surface area contributed by atoms with Gasteiger partial charge < -0.3 is 0 Å². The molecule has 0 N–H and O–H groups in total. The van der Waals surface area contributed by atoms with E-state index in [1.165, 1.54) is 12.5 Å². The second-order valence-electron chi connectivity index (χ2n) is 1.95. The van der Waals surface area contributed by atoms with Crippen LogP contribution in [0.1, 0.15) is 4.88 Å². The fourth-order valence-corrected chi connectivity index (χ4v) is 2.25. The number of hydrogen-bond donors (Lipinski definition) is 0. The highest BCUT2D eigenvalue weighted by atomic mass is 32.2. The van der Waals surface area contributed by atoms with Gasteiger partial charge in [0.2, 0.25) is 0 Å². The van der Waals surface area contributed by atoms with E-state index in [-0.39, 0.29) is 5.75 Å². The normalized spacial score (nSPS) is 11.7. The lowest BCUT2D eigenvalue weighted by Crippen LogP contribution is -1.98. The average molecular weight is 178 g/mol. The van der Waals surface area contributed by atoms with Crippen LogP contribution in [0.2, 0.25) is 0 Å². The van der Waals surface area contributed by atoms with Gasteiger partial charge in [0.1, 0.15) is 0 Å².